The van der Waals surface area contributed by atoms with Crippen molar-refractivity contribution in [1.29, 1.82) is 1.28 Å². The van der Waals surface area contributed by atoms with Gasteiger partial charge in [0.25, 0.3) is 5.95 Å². The van der Waals surface area contributed by atoms with Crippen LogP contribution in [0, 0.1) is 5.41 Å². The summed E-state index contributed by atoms with van der Waals surface area (Å²) in [6.07, 6.45) is 0.559. The molecule has 1 saturated carbocycles. The number of aliphatic hydroxyl groups is 1. The SMILES string of the molecule is [2H]P(CS)COC(=C)OC(=O)NC1(C)CC(NC(=O)OC(CCC)CC(CC2CC(C[C@H](C)O)OC(CNC(=O)C=C)O2)OC(C)=O)CC(C)(C)C1. The summed E-state index contributed by atoms with van der Waals surface area (Å²) in [5.41, 5.74) is -0.651. The number of esters is 1. The van der Waals surface area contributed by atoms with Gasteiger partial charge in [0.15, 0.2) is 6.29 Å². The minimum Gasteiger partial charge on any atom is -0.462 e. The highest BCUT2D eigenvalue weighted by Crippen LogP contribution is 2.41. The highest BCUT2D eigenvalue weighted by atomic mass is 32.1. The molecule has 14 nitrogen and oxygen atoms in total. The van der Waals surface area contributed by atoms with Crippen LogP contribution >= 0.6 is 21.2 Å². The smallest absolute Gasteiger partial charge is 0.415 e. The lowest BCUT2D eigenvalue weighted by molar-refractivity contribution is -0.248. The fourth-order valence-electron chi connectivity index (χ4n) is 7.06. The molecule has 4 N–H and O–H groups in total. The zero-order chi connectivity index (χ0) is 39.1. The number of amides is 3. The summed E-state index contributed by atoms with van der Waals surface area (Å²) in [5.74, 6) is -1.07. The molecule has 2 fully saturated rings. The third kappa shape index (κ3) is 18.1. The molecule has 0 aromatic rings. The fourth-order valence-corrected chi connectivity index (χ4v) is 7.62. The first kappa shape index (κ1) is 42.8. The van der Waals surface area contributed by atoms with Crippen molar-refractivity contribution in [3.63, 3.8) is 0 Å². The summed E-state index contributed by atoms with van der Waals surface area (Å²) >= 11 is 4.07. The Morgan fingerprint density at radius 1 is 1.12 bits per heavy atom. The van der Waals surface area contributed by atoms with Crippen LogP contribution in [-0.2, 0) is 38.0 Å². The Kier molecular flexibility index (Phi) is 18.3. The molecule has 1 heterocycles. The van der Waals surface area contributed by atoms with E-state index in [1.807, 2.05) is 13.8 Å². The van der Waals surface area contributed by atoms with Crippen LogP contribution in [0.1, 0.15) is 99.3 Å². The van der Waals surface area contributed by atoms with Gasteiger partial charge in [0.2, 0.25) is 5.91 Å². The number of thiol groups is 1. The third-order valence-electron chi connectivity index (χ3n) is 8.43. The first-order chi connectivity index (χ1) is 24.3. The number of nitrogens with one attached hydrogen (secondary N) is 3. The van der Waals surface area contributed by atoms with E-state index >= 15 is 0 Å². The summed E-state index contributed by atoms with van der Waals surface area (Å²) < 4.78 is 41.9. The zero-order valence-corrected chi connectivity index (χ0v) is 32.7. The van der Waals surface area contributed by atoms with Crippen molar-refractivity contribution < 1.29 is 52.7 Å². The number of aliphatic hydroxyl groups excluding tert-OH is 1. The van der Waals surface area contributed by atoms with Crippen molar-refractivity contribution >= 4 is 45.2 Å². The summed E-state index contributed by atoms with van der Waals surface area (Å²) in [5, 5.41) is 18.6. The van der Waals surface area contributed by atoms with Crippen LogP contribution in [0.3, 0.4) is 0 Å². The lowest BCUT2D eigenvalue weighted by atomic mass is 9.67. The Balaban J connectivity index is 2.07. The van der Waals surface area contributed by atoms with Gasteiger partial charge in [-0.15, -0.1) is 0 Å². The lowest BCUT2D eigenvalue weighted by Gasteiger charge is -2.46. The van der Waals surface area contributed by atoms with Crippen molar-refractivity contribution in [2.45, 2.75) is 148 Å². The number of rotatable bonds is 20. The normalized spacial score (nSPS) is 26.9. The number of hydrogen-bond donors (Lipinski definition) is 5. The standard InChI is InChI=1S/C35H60N3O11PS/c1-9-11-26(13-28(45-23(4)40)15-29-14-27(12-22(3)39)47-31(48-29)18-36-30(41)10-2)49-32(42)37-25-16-34(6,7)19-35(8,17-25)38-33(43)46-24(5)44-20-50-21-51/h10,22,25-29,31,39,50-51H,2,5,9,11-21H2,1,3-4,6-8H3,(H,36,41)(H,37,42)(H,38,43)/t22-,25?,26?,27?,28?,29?,31?,35?,50?/m0/s1/i50D. The van der Waals surface area contributed by atoms with Gasteiger partial charge in [0.05, 0.1) is 26.1 Å². The Morgan fingerprint density at radius 3 is 2.41 bits per heavy atom. The Bertz CT molecular complexity index is 1210. The lowest BCUT2D eigenvalue weighted by Crippen LogP contribution is -2.57. The highest BCUT2D eigenvalue weighted by Gasteiger charge is 2.43. The largest absolute Gasteiger partial charge is 0.462 e. The molecule has 1 aliphatic carbocycles. The average Bonchev–Trinajstić information content (AvgIpc) is 3.00. The molecular formula is C35H60N3O11PS. The van der Waals surface area contributed by atoms with E-state index in [-0.39, 0.29) is 55.1 Å². The van der Waals surface area contributed by atoms with Crippen LogP contribution in [0.4, 0.5) is 9.59 Å². The van der Waals surface area contributed by atoms with E-state index in [2.05, 4.69) is 55.6 Å². The quantitative estimate of drug-likeness (QED) is 0.0274. The van der Waals surface area contributed by atoms with E-state index in [0.717, 1.165) is 6.08 Å². The van der Waals surface area contributed by atoms with Gasteiger partial charge in [0, 0.05) is 43.3 Å². The predicted octanol–water partition coefficient (Wildman–Crippen LogP) is 5.24. The zero-order valence-electron chi connectivity index (χ0n) is 31.9. The van der Waals surface area contributed by atoms with Crippen molar-refractivity contribution in [2.75, 3.05) is 18.4 Å². The van der Waals surface area contributed by atoms with Gasteiger partial charge in [-0.3, -0.25) is 9.59 Å². The molecule has 292 valence electrons. The van der Waals surface area contributed by atoms with Crippen molar-refractivity contribution in [3.8, 4) is 0 Å². The molecule has 2 rings (SSSR count). The average molecular weight is 763 g/mol. The second kappa shape index (κ2) is 21.8. The molecule has 2 aliphatic rings. The minimum absolute atomic E-state index is 0.0511. The van der Waals surface area contributed by atoms with Crippen LogP contribution < -0.4 is 16.0 Å². The van der Waals surface area contributed by atoms with Gasteiger partial charge in [-0.2, -0.15) is 12.6 Å². The first-order valence-electron chi connectivity index (χ1n) is 18.0. The van der Waals surface area contributed by atoms with Crippen molar-refractivity contribution in [1.82, 2.24) is 16.0 Å². The van der Waals surface area contributed by atoms with E-state index in [4.69, 9.17) is 29.7 Å². The second-order valence-corrected chi connectivity index (χ2v) is 16.2. The Morgan fingerprint density at radius 2 is 1.80 bits per heavy atom. The fraction of sp³-hybridized carbons (Fsp3) is 0.771. The number of alkyl carbamates (subject to hydrolysis) is 2. The van der Waals surface area contributed by atoms with Gasteiger partial charge >= 0.3 is 18.2 Å². The monoisotopic (exact) mass is 762 g/mol. The molecular weight excluding hydrogens is 701 g/mol. The summed E-state index contributed by atoms with van der Waals surface area (Å²) in [7, 11) is -1.21. The van der Waals surface area contributed by atoms with Crippen molar-refractivity contribution in [3.05, 3.63) is 25.2 Å². The summed E-state index contributed by atoms with van der Waals surface area (Å²) in [6, 6.07) is -0.338. The molecule has 1 aliphatic heterocycles. The van der Waals surface area contributed by atoms with Crippen molar-refractivity contribution in [2.24, 2.45) is 5.41 Å². The van der Waals surface area contributed by atoms with Crippen LogP contribution in [0.25, 0.3) is 0 Å². The third-order valence-corrected chi connectivity index (χ3v) is 9.54. The van der Waals surface area contributed by atoms with Gasteiger partial charge in [-0.25, -0.2) is 9.59 Å². The van der Waals surface area contributed by atoms with Gasteiger partial charge in [-0.05, 0) is 64.0 Å². The molecule has 3 amide bonds. The number of carbonyl (C=O) groups is 4. The van der Waals surface area contributed by atoms with Crippen LogP contribution in [0.5, 0.6) is 0 Å². The van der Waals surface area contributed by atoms with Gasteiger partial charge in [-0.1, -0.05) is 42.3 Å². The van der Waals surface area contributed by atoms with Crippen LogP contribution in [0.15, 0.2) is 25.2 Å². The first-order valence-corrected chi connectivity index (χ1v) is 19.4. The Hall–Kier alpha value is -2.58. The molecule has 0 aromatic carbocycles. The van der Waals surface area contributed by atoms with E-state index in [1.165, 1.54) is 6.92 Å². The van der Waals surface area contributed by atoms with E-state index in [0.29, 0.717) is 50.4 Å². The Labute approximate surface area is 311 Å². The predicted molar refractivity (Wildman–Crippen MR) is 197 cm³/mol. The van der Waals surface area contributed by atoms with E-state index < -0.39 is 62.9 Å². The topological polar surface area (TPSA) is 180 Å². The van der Waals surface area contributed by atoms with E-state index in [1.54, 1.807) is 6.92 Å². The maximum atomic E-state index is 13.4. The molecule has 51 heavy (non-hydrogen) atoms. The highest BCUT2D eigenvalue weighted by molar-refractivity contribution is 7.86. The minimum atomic E-state index is -1.21. The summed E-state index contributed by atoms with van der Waals surface area (Å²) in [6.45, 7) is 18.1. The molecule has 0 aromatic heterocycles. The van der Waals surface area contributed by atoms with Crippen LogP contribution in [0.2, 0.25) is 0 Å². The molecule has 0 spiro atoms. The number of hydrogen-bond acceptors (Lipinski definition) is 12. The molecule has 0 radical (unpaired) electrons. The maximum Gasteiger partial charge on any atom is 0.415 e. The maximum absolute atomic E-state index is 13.4. The summed E-state index contributed by atoms with van der Waals surface area (Å²) in [4.78, 5) is 50.0. The van der Waals surface area contributed by atoms with Crippen LogP contribution in [-0.4, -0.2) is 97.2 Å². The molecule has 8 unspecified atom stereocenters. The second-order valence-electron chi connectivity index (χ2n) is 14.4. The van der Waals surface area contributed by atoms with E-state index in [9.17, 15) is 24.3 Å². The van der Waals surface area contributed by atoms with Gasteiger partial charge in [0.1, 0.15) is 18.6 Å². The molecule has 16 heteroatoms. The molecule has 1 saturated heterocycles. The van der Waals surface area contributed by atoms with Gasteiger partial charge < -0.3 is 49.5 Å². The molecule has 0 bridgehead atoms. The number of carbonyl (C=O) groups excluding carboxylic acids is 4. The molecule has 9 atom stereocenters. The number of ether oxygens (including phenoxy) is 6.